The number of aromatic nitrogens is 2. The Morgan fingerprint density at radius 2 is 2.26 bits per heavy atom. The number of nitrogens with one attached hydrogen (secondary N) is 1. The lowest BCUT2D eigenvalue weighted by Crippen LogP contribution is -2.23. The van der Waals surface area contributed by atoms with Gasteiger partial charge in [0.1, 0.15) is 11.3 Å². The van der Waals surface area contributed by atoms with Crippen LogP contribution in [-0.2, 0) is 6.54 Å². The maximum atomic E-state index is 11.8. The third-order valence-corrected chi connectivity index (χ3v) is 2.49. The zero-order chi connectivity index (χ0) is 13.8. The van der Waals surface area contributed by atoms with Gasteiger partial charge in [-0.05, 0) is 19.1 Å². The maximum Gasteiger partial charge on any atom is 0.335 e. The monoisotopic (exact) mass is 261 g/mol. The number of aryl methyl sites for hydroxylation is 1. The van der Waals surface area contributed by atoms with Crippen LogP contribution in [0.25, 0.3) is 0 Å². The second-order valence-corrected chi connectivity index (χ2v) is 3.82. The predicted octanol–water partition coefficient (Wildman–Crippen LogP) is 1.01. The number of carboxylic acids is 1. The fourth-order valence-electron chi connectivity index (χ4n) is 1.49. The van der Waals surface area contributed by atoms with Gasteiger partial charge in [0.25, 0.3) is 5.91 Å². The molecule has 19 heavy (non-hydrogen) atoms. The van der Waals surface area contributed by atoms with Gasteiger partial charge in [0.05, 0.1) is 24.0 Å². The standard InChI is InChI=1S/C12H11N3O4/c1-7-10(6-15-19-7)11(16)14-5-9-4-8(12(17)18)2-3-13-9/h2-4,6H,5H2,1H3,(H,14,16)(H,17,18). The van der Waals surface area contributed by atoms with Crippen molar-refractivity contribution in [3.05, 3.63) is 47.1 Å². The molecule has 2 rings (SSSR count). The molecule has 2 heterocycles. The van der Waals surface area contributed by atoms with Gasteiger partial charge in [0, 0.05) is 6.20 Å². The SMILES string of the molecule is Cc1oncc1C(=O)NCc1cc(C(=O)O)ccn1. The minimum atomic E-state index is -1.04. The highest BCUT2D eigenvalue weighted by atomic mass is 16.5. The smallest absolute Gasteiger partial charge is 0.335 e. The zero-order valence-corrected chi connectivity index (χ0v) is 10.1. The molecule has 0 saturated heterocycles. The van der Waals surface area contributed by atoms with Gasteiger partial charge in [0.15, 0.2) is 0 Å². The molecule has 2 aromatic heterocycles. The summed E-state index contributed by atoms with van der Waals surface area (Å²) < 4.78 is 4.78. The Morgan fingerprint density at radius 1 is 1.47 bits per heavy atom. The summed E-state index contributed by atoms with van der Waals surface area (Å²) in [6.07, 6.45) is 2.71. The molecule has 98 valence electrons. The number of amides is 1. The Morgan fingerprint density at radius 3 is 2.89 bits per heavy atom. The van der Waals surface area contributed by atoms with Crippen molar-refractivity contribution in [1.82, 2.24) is 15.5 Å². The van der Waals surface area contributed by atoms with E-state index in [2.05, 4.69) is 15.5 Å². The van der Waals surface area contributed by atoms with Crippen molar-refractivity contribution in [3.63, 3.8) is 0 Å². The van der Waals surface area contributed by atoms with Crippen LogP contribution in [-0.4, -0.2) is 27.1 Å². The van der Waals surface area contributed by atoms with Crippen LogP contribution in [0.5, 0.6) is 0 Å². The molecular weight excluding hydrogens is 250 g/mol. The van der Waals surface area contributed by atoms with E-state index in [1.54, 1.807) is 6.92 Å². The Bertz CT molecular complexity index is 621. The van der Waals surface area contributed by atoms with E-state index in [-0.39, 0.29) is 18.0 Å². The predicted molar refractivity (Wildman–Crippen MR) is 63.6 cm³/mol. The molecule has 0 radical (unpaired) electrons. The molecule has 0 aliphatic rings. The van der Waals surface area contributed by atoms with Crippen LogP contribution in [0.2, 0.25) is 0 Å². The molecule has 0 spiro atoms. The summed E-state index contributed by atoms with van der Waals surface area (Å²) in [5, 5.41) is 15.0. The first kappa shape index (κ1) is 12.7. The van der Waals surface area contributed by atoms with Gasteiger partial charge in [-0.3, -0.25) is 9.78 Å². The molecule has 1 amide bonds. The number of hydrogen-bond acceptors (Lipinski definition) is 5. The van der Waals surface area contributed by atoms with Gasteiger partial charge < -0.3 is 14.9 Å². The number of carbonyl (C=O) groups is 2. The molecule has 7 nitrogen and oxygen atoms in total. The third-order valence-electron chi connectivity index (χ3n) is 2.49. The van der Waals surface area contributed by atoms with Gasteiger partial charge in [-0.15, -0.1) is 0 Å². The molecular formula is C12H11N3O4. The van der Waals surface area contributed by atoms with Crippen molar-refractivity contribution < 1.29 is 19.2 Å². The maximum absolute atomic E-state index is 11.8. The van der Waals surface area contributed by atoms with Crippen molar-refractivity contribution >= 4 is 11.9 Å². The van der Waals surface area contributed by atoms with Crippen LogP contribution in [0.15, 0.2) is 29.0 Å². The molecule has 7 heteroatoms. The van der Waals surface area contributed by atoms with Crippen LogP contribution in [0.1, 0.15) is 32.2 Å². The normalized spacial score (nSPS) is 10.2. The fraction of sp³-hybridized carbons (Fsp3) is 0.167. The van der Waals surface area contributed by atoms with E-state index in [0.717, 1.165) is 0 Å². The van der Waals surface area contributed by atoms with Gasteiger partial charge in [-0.2, -0.15) is 0 Å². The van der Waals surface area contributed by atoms with E-state index >= 15 is 0 Å². The molecule has 0 atom stereocenters. The minimum absolute atomic E-state index is 0.125. The number of hydrogen-bond donors (Lipinski definition) is 2. The number of carbonyl (C=O) groups excluding carboxylic acids is 1. The van der Waals surface area contributed by atoms with E-state index in [9.17, 15) is 9.59 Å². The second kappa shape index (κ2) is 5.30. The molecule has 0 unspecified atom stereocenters. The van der Waals surface area contributed by atoms with Crippen molar-refractivity contribution in [2.45, 2.75) is 13.5 Å². The van der Waals surface area contributed by atoms with Crippen LogP contribution in [0, 0.1) is 6.92 Å². The van der Waals surface area contributed by atoms with Crippen molar-refractivity contribution in [2.75, 3.05) is 0 Å². The highest BCUT2D eigenvalue weighted by molar-refractivity contribution is 5.94. The number of rotatable bonds is 4. The Hall–Kier alpha value is -2.70. The highest BCUT2D eigenvalue weighted by Gasteiger charge is 2.12. The first-order chi connectivity index (χ1) is 9.08. The summed E-state index contributed by atoms with van der Waals surface area (Å²) in [5.74, 6) is -0.962. The minimum Gasteiger partial charge on any atom is -0.478 e. The lowest BCUT2D eigenvalue weighted by atomic mass is 10.2. The first-order valence-electron chi connectivity index (χ1n) is 5.45. The first-order valence-corrected chi connectivity index (χ1v) is 5.45. The molecule has 0 aliphatic heterocycles. The largest absolute Gasteiger partial charge is 0.478 e. The Labute approximate surface area is 108 Å². The topological polar surface area (TPSA) is 105 Å². The van der Waals surface area contributed by atoms with Gasteiger partial charge >= 0.3 is 5.97 Å². The van der Waals surface area contributed by atoms with E-state index in [0.29, 0.717) is 17.0 Å². The van der Waals surface area contributed by atoms with Crippen LogP contribution in [0.4, 0.5) is 0 Å². The summed E-state index contributed by atoms with van der Waals surface area (Å²) in [4.78, 5) is 26.5. The van der Waals surface area contributed by atoms with Gasteiger partial charge in [0.2, 0.25) is 0 Å². The van der Waals surface area contributed by atoms with E-state index < -0.39 is 5.97 Å². The zero-order valence-electron chi connectivity index (χ0n) is 10.1. The van der Waals surface area contributed by atoms with Crippen LogP contribution < -0.4 is 5.32 Å². The Balaban J connectivity index is 2.03. The molecule has 0 aromatic carbocycles. The number of pyridine rings is 1. The van der Waals surface area contributed by atoms with Crippen molar-refractivity contribution in [1.29, 1.82) is 0 Å². The summed E-state index contributed by atoms with van der Waals surface area (Å²) in [6, 6.07) is 2.79. The summed E-state index contributed by atoms with van der Waals surface area (Å²) in [6.45, 7) is 1.76. The number of aromatic carboxylic acids is 1. The number of carboxylic acid groups (broad SMARTS) is 1. The third kappa shape index (κ3) is 2.95. The molecule has 2 aromatic rings. The quantitative estimate of drug-likeness (QED) is 0.850. The summed E-state index contributed by atoms with van der Waals surface area (Å²) in [5.41, 5.74) is 0.928. The lowest BCUT2D eigenvalue weighted by Gasteiger charge is -2.04. The van der Waals surface area contributed by atoms with E-state index in [4.69, 9.17) is 9.63 Å². The van der Waals surface area contributed by atoms with Crippen molar-refractivity contribution in [3.8, 4) is 0 Å². The highest BCUT2D eigenvalue weighted by Crippen LogP contribution is 2.06. The lowest BCUT2D eigenvalue weighted by molar-refractivity contribution is 0.0696. The van der Waals surface area contributed by atoms with E-state index in [1.165, 1.54) is 24.5 Å². The fourth-order valence-corrected chi connectivity index (χ4v) is 1.49. The van der Waals surface area contributed by atoms with Crippen LogP contribution >= 0.6 is 0 Å². The van der Waals surface area contributed by atoms with E-state index in [1.807, 2.05) is 0 Å². The average molecular weight is 261 g/mol. The molecule has 2 N–H and O–H groups in total. The molecule has 0 bridgehead atoms. The van der Waals surface area contributed by atoms with Gasteiger partial charge in [-0.1, -0.05) is 5.16 Å². The molecule has 0 fully saturated rings. The molecule has 0 aliphatic carbocycles. The van der Waals surface area contributed by atoms with Crippen LogP contribution in [0.3, 0.4) is 0 Å². The Kier molecular flexibility index (Phi) is 3.56. The summed E-state index contributed by atoms with van der Waals surface area (Å²) >= 11 is 0. The average Bonchev–Trinajstić information content (AvgIpc) is 2.82. The van der Waals surface area contributed by atoms with Gasteiger partial charge in [-0.25, -0.2) is 4.79 Å². The van der Waals surface area contributed by atoms with Crippen molar-refractivity contribution in [2.24, 2.45) is 0 Å². The number of nitrogens with zero attached hydrogens (tertiary/aromatic N) is 2. The summed E-state index contributed by atoms with van der Waals surface area (Å²) in [7, 11) is 0. The molecule has 0 saturated carbocycles. The second-order valence-electron chi connectivity index (χ2n) is 3.82.